The first-order chi connectivity index (χ1) is 10.5. The molecule has 0 unspecified atom stereocenters. The molecular weight excluding hydrogens is 272 g/mol. The third-order valence-corrected chi connectivity index (χ3v) is 4.95. The Bertz CT molecular complexity index is 520. The molecule has 1 aromatic carbocycles. The molecular formula is C19H28N2O. The fraction of sp³-hybridized carbons (Fsp3) is 0.632. The lowest BCUT2D eigenvalue weighted by atomic mass is 10.0. The summed E-state index contributed by atoms with van der Waals surface area (Å²) in [6.45, 7) is 4.83. The average Bonchev–Trinajstić information content (AvgIpc) is 3.38. The van der Waals surface area contributed by atoms with Gasteiger partial charge in [0.15, 0.2) is 0 Å². The van der Waals surface area contributed by atoms with Crippen LogP contribution in [0.25, 0.3) is 0 Å². The van der Waals surface area contributed by atoms with Crippen LogP contribution in [0.15, 0.2) is 24.3 Å². The number of nitrogens with one attached hydrogen (secondary N) is 1. The Morgan fingerprint density at radius 1 is 1.23 bits per heavy atom. The van der Waals surface area contributed by atoms with Crippen LogP contribution in [0.2, 0.25) is 0 Å². The van der Waals surface area contributed by atoms with E-state index in [0.29, 0.717) is 18.5 Å². The molecule has 22 heavy (non-hydrogen) atoms. The number of rotatable bonds is 7. The fourth-order valence-corrected chi connectivity index (χ4v) is 3.19. The Kier molecular flexibility index (Phi) is 4.42. The summed E-state index contributed by atoms with van der Waals surface area (Å²) in [5.74, 6) is 2.19. The summed E-state index contributed by atoms with van der Waals surface area (Å²) in [6, 6.07) is 8.95. The standard InChI is InChI=1S/C19H28N2O/c1-13(2)16-5-4-6-17(11-16)21(3)12-18(22)20-19(14-7-8-14)15-9-10-15/h4-6,11,13-15,19H,7-10,12H2,1-3H3,(H,20,22). The molecule has 3 rings (SSSR count). The van der Waals surface area contributed by atoms with Crippen LogP contribution >= 0.6 is 0 Å². The van der Waals surface area contributed by atoms with E-state index in [1.54, 1.807) is 0 Å². The summed E-state index contributed by atoms with van der Waals surface area (Å²) in [6.07, 6.45) is 5.20. The zero-order valence-corrected chi connectivity index (χ0v) is 14.0. The van der Waals surface area contributed by atoms with Gasteiger partial charge in [-0.3, -0.25) is 4.79 Å². The molecule has 0 aromatic heterocycles. The number of likely N-dealkylation sites (N-methyl/N-ethyl adjacent to an activating group) is 1. The minimum atomic E-state index is 0.168. The van der Waals surface area contributed by atoms with E-state index < -0.39 is 0 Å². The van der Waals surface area contributed by atoms with E-state index in [9.17, 15) is 4.79 Å². The molecule has 0 atom stereocenters. The van der Waals surface area contributed by atoms with Crippen molar-refractivity contribution < 1.29 is 4.79 Å². The van der Waals surface area contributed by atoms with Crippen LogP contribution in [-0.2, 0) is 4.79 Å². The summed E-state index contributed by atoms with van der Waals surface area (Å²) < 4.78 is 0. The van der Waals surface area contributed by atoms with Crippen molar-refractivity contribution in [2.75, 3.05) is 18.5 Å². The SMILES string of the molecule is CC(C)c1cccc(N(C)CC(=O)NC(C2CC2)C2CC2)c1. The lowest BCUT2D eigenvalue weighted by Gasteiger charge is -2.23. The second-order valence-electron chi connectivity index (χ2n) is 7.37. The van der Waals surface area contributed by atoms with E-state index in [2.05, 4.69) is 48.3 Å². The maximum absolute atomic E-state index is 12.4. The van der Waals surface area contributed by atoms with Gasteiger partial charge >= 0.3 is 0 Å². The number of anilines is 1. The molecule has 2 aliphatic carbocycles. The Labute approximate surface area is 134 Å². The van der Waals surface area contributed by atoms with Crippen molar-refractivity contribution in [1.29, 1.82) is 0 Å². The number of carbonyl (C=O) groups is 1. The van der Waals surface area contributed by atoms with Crippen molar-refractivity contribution in [2.24, 2.45) is 11.8 Å². The molecule has 2 saturated carbocycles. The summed E-state index contributed by atoms with van der Waals surface area (Å²) >= 11 is 0. The van der Waals surface area contributed by atoms with Crippen LogP contribution in [0.1, 0.15) is 51.0 Å². The molecule has 120 valence electrons. The van der Waals surface area contributed by atoms with Gasteiger partial charge in [-0.25, -0.2) is 0 Å². The minimum Gasteiger partial charge on any atom is -0.365 e. The minimum absolute atomic E-state index is 0.168. The van der Waals surface area contributed by atoms with Gasteiger partial charge in [-0.2, -0.15) is 0 Å². The van der Waals surface area contributed by atoms with Crippen molar-refractivity contribution >= 4 is 11.6 Å². The number of hydrogen-bond acceptors (Lipinski definition) is 2. The molecule has 1 aromatic rings. The Morgan fingerprint density at radius 3 is 2.41 bits per heavy atom. The molecule has 3 nitrogen and oxygen atoms in total. The molecule has 2 aliphatic rings. The smallest absolute Gasteiger partial charge is 0.239 e. The van der Waals surface area contributed by atoms with Gasteiger partial charge in [0.05, 0.1) is 6.54 Å². The van der Waals surface area contributed by atoms with E-state index in [-0.39, 0.29) is 5.91 Å². The van der Waals surface area contributed by atoms with E-state index in [4.69, 9.17) is 0 Å². The molecule has 0 radical (unpaired) electrons. The van der Waals surface area contributed by atoms with Crippen molar-refractivity contribution in [3.8, 4) is 0 Å². The zero-order valence-electron chi connectivity index (χ0n) is 14.0. The maximum atomic E-state index is 12.4. The molecule has 1 N–H and O–H groups in total. The fourth-order valence-electron chi connectivity index (χ4n) is 3.19. The van der Waals surface area contributed by atoms with Gasteiger partial charge in [0, 0.05) is 18.8 Å². The maximum Gasteiger partial charge on any atom is 0.239 e. The highest BCUT2D eigenvalue weighted by atomic mass is 16.2. The van der Waals surface area contributed by atoms with Gasteiger partial charge in [-0.1, -0.05) is 26.0 Å². The van der Waals surface area contributed by atoms with Gasteiger partial charge in [0.25, 0.3) is 0 Å². The first-order valence-electron chi connectivity index (χ1n) is 8.65. The Morgan fingerprint density at radius 2 is 1.86 bits per heavy atom. The Hall–Kier alpha value is -1.51. The average molecular weight is 300 g/mol. The molecule has 3 heteroatoms. The van der Waals surface area contributed by atoms with Gasteiger partial charge in [-0.15, -0.1) is 0 Å². The highest BCUT2D eigenvalue weighted by Crippen LogP contribution is 2.44. The van der Waals surface area contributed by atoms with Gasteiger partial charge in [0.2, 0.25) is 5.91 Å². The first-order valence-corrected chi connectivity index (χ1v) is 8.65. The summed E-state index contributed by atoms with van der Waals surface area (Å²) in [5.41, 5.74) is 2.44. The number of carbonyl (C=O) groups excluding carboxylic acids is 1. The van der Waals surface area contributed by atoms with Crippen molar-refractivity contribution in [2.45, 2.75) is 51.5 Å². The number of amides is 1. The summed E-state index contributed by atoms with van der Waals surface area (Å²) in [4.78, 5) is 14.4. The van der Waals surface area contributed by atoms with Gasteiger partial charge in [-0.05, 0) is 61.1 Å². The van der Waals surface area contributed by atoms with E-state index in [1.807, 2.05) is 7.05 Å². The van der Waals surface area contributed by atoms with Crippen LogP contribution in [-0.4, -0.2) is 25.5 Å². The highest BCUT2D eigenvalue weighted by Gasteiger charge is 2.42. The van der Waals surface area contributed by atoms with Gasteiger partial charge in [0.1, 0.15) is 0 Å². The molecule has 2 fully saturated rings. The second-order valence-corrected chi connectivity index (χ2v) is 7.37. The summed E-state index contributed by atoms with van der Waals surface area (Å²) in [5, 5.41) is 3.30. The van der Waals surface area contributed by atoms with E-state index >= 15 is 0 Å². The summed E-state index contributed by atoms with van der Waals surface area (Å²) in [7, 11) is 2.00. The van der Waals surface area contributed by atoms with Crippen molar-refractivity contribution in [3.05, 3.63) is 29.8 Å². The number of nitrogens with zero attached hydrogens (tertiary/aromatic N) is 1. The third kappa shape index (κ3) is 3.82. The van der Waals surface area contributed by atoms with Crippen LogP contribution in [0.4, 0.5) is 5.69 Å². The predicted octanol–water partition coefficient (Wildman–Crippen LogP) is 3.55. The highest BCUT2D eigenvalue weighted by molar-refractivity contribution is 5.81. The Balaban J connectivity index is 1.57. The van der Waals surface area contributed by atoms with Crippen LogP contribution in [0.3, 0.4) is 0 Å². The molecule has 0 saturated heterocycles. The largest absolute Gasteiger partial charge is 0.365 e. The number of hydrogen-bond donors (Lipinski definition) is 1. The predicted molar refractivity (Wildman–Crippen MR) is 91.2 cm³/mol. The van der Waals surface area contributed by atoms with Gasteiger partial charge < -0.3 is 10.2 Å². The molecule has 0 bridgehead atoms. The van der Waals surface area contributed by atoms with Crippen molar-refractivity contribution in [3.63, 3.8) is 0 Å². The van der Waals surface area contributed by atoms with E-state index in [0.717, 1.165) is 17.5 Å². The van der Waals surface area contributed by atoms with Crippen LogP contribution in [0, 0.1) is 11.8 Å². The topological polar surface area (TPSA) is 32.3 Å². The quantitative estimate of drug-likeness (QED) is 0.835. The second kappa shape index (κ2) is 6.31. The lowest BCUT2D eigenvalue weighted by Crippen LogP contribution is -2.43. The van der Waals surface area contributed by atoms with Crippen LogP contribution < -0.4 is 10.2 Å². The van der Waals surface area contributed by atoms with Crippen LogP contribution in [0.5, 0.6) is 0 Å². The molecule has 0 aliphatic heterocycles. The molecule has 0 spiro atoms. The van der Waals surface area contributed by atoms with E-state index in [1.165, 1.54) is 31.2 Å². The first kappa shape index (κ1) is 15.4. The molecule has 0 heterocycles. The normalized spacial score (nSPS) is 17.9. The number of benzene rings is 1. The lowest BCUT2D eigenvalue weighted by molar-refractivity contribution is -0.120. The van der Waals surface area contributed by atoms with Crippen molar-refractivity contribution in [1.82, 2.24) is 5.32 Å². The zero-order chi connectivity index (χ0) is 15.7. The molecule has 1 amide bonds. The monoisotopic (exact) mass is 300 g/mol. The third-order valence-electron chi connectivity index (χ3n) is 4.95.